The Morgan fingerprint density at radius 3 is 2.60 bits per heavy atom. The van der Waals surface area contributed by atoms with Crippen molar-refractivity contribution in [2.75, 3.05) is 19.6 Å². The molecule has 0 aliphatic heterocycles. The summed E-state index contributed by atoms with van der Waals surface area (Å²) in [5.74, 6) is 0. The molecule has 0 fully saturated rings. The van der Waals surface area contributed by atoms with Gasteiger partial charge in [0, 0.05) is 25.7 Å². The molecule has 6 N–H and O–H groups in total. The number of hydrogen-bond acceptors (Lipinski definition) is 4. The van der Waals surface area contributed by atoms with E-state index >= 15 is 0 Å². The number of aliphatic hydroxyl groups excluding tert-OH is 1. The van der Waals surface area contributed by atoms with E-state index in [9.17, 15) is 0 Å². The lowest BCUT2D eigenvalue weighted by atomic mass is 10.2. The van der Waals surface area contributed by atoms with Gasteiger partial charge in [0.2, 0.25) is 0 Å². The largest absolute Gasteiger partial charge is 0.392 e. The second-order valence-corrected chi connectivity index (χ2v) is 2.40. The average molecular weight is 147 g/mol. The maximum absolute atomic E-state index is 8.92. The summed E-state index contributed by atoms with van der Waals surface area (Å²) in [6, 6.07) is -0.188. The van der Waals surface area contributed by atoms with Crippen LogP contribution < -0.4 is 16.8 Å². The molecule has 0 bridgehead atoms. The number of nitrogens with two attached hydrogens (primary N) is 2. The highest BCUT2D eigenvalue weighted by atomic mass is 16.3. The molecule has 0 spiro atoms. The van der Waals surface area contributed by atoms with Crippen LogP contribution in [0.2, 0.25) is 0 Å². The topological polar surface area (TPSA) is 84.3 Å². The van der Waals surface area contributed by atoms with Crippen LogP contribution >= 0.6 is 0 Å². The summed E-state index contributed by atoms with van der Waals surface area (Å²) in [5, 5.41) is 11.9. The van der Waals surface area contributed by atoms with Crippen LogP contribution in [-0.2, 0) is 0 Å². The third-order valence-electron chi connectivity index (χ3n) is 1.32. The number of rotatable bonds is 5. The van der Waals surface area contributed by atoms with Crippen molar-refractivity contribution < 1.29 is 5.11 Å². The maximum Gasteiger partial charge on any atom is 0.0675 e. The third kappa shape index (κ3) is 4.69. The van der Waals surface area contributed by atoms with Crippen molar-refractivity contribution in [2.45, 2.75) is 19.1 Å². The molecule has 10 heavy (non-hydrogen) atoms. The van der Waals surface area contributed by atoms with Gasteiger partial charge < -0.3 is 21.9 Å². The smallest absolute Gasteiger partial charge is 0.0675 e. The van der Waals surface area contributed by atoms with Crippen LogP contribution in [0.4, 0.5) is 0 Å². The van der Waals surface area contributed by atoms with E-state index in [0.29, 0.717) is 13.1 Å². The third-order valence-corrected chi connectivity index (χ3v) is 1.32. The molecule has 0 radical (unpaired) electrons. The van der Waals surface area contributed by atoms with Gasteiger partial charge in [-0.3, -0.25) is 0 Å². The first-order valence-corrected chi connectivity index (χ1v) is 3.53. The fourth-order valence-electron chi connectivity index (χ4n) is 0.541. The fourth-order valence-corrected chi connectivity index (χ4v) is 0.541. The Morgan fingerprint density at radius 1 is 1.60 bits per heavy atom. The Kier molecular flexibility index (Phi) is 5.52. The zero-order valence-corrected chi connectivity index (χ0v) is 6.38. The van der Waals surface area contributed by atoms with Gasteiger partial charge in [0.05, 0.1) is 6.10 Å². The molecule has 0 aliphatic rings. The van der Waals surface area contributed by atoms with Crippen molar-refractivity contribution in [3.05, 3.63) is 0 Å². The lowest BCUT2D eigenvalue weighted by molar-refractivity contribution is 0.162. The monoisotopic (exact) mass is 147 g/mol. The lowest BCUT2D eigenvalue weighted by Crippen LogP contribution is -2.42. The molecule has 4 nitrogen and oxygen atoms in total. The van der Waals surface area contributed by atoms with Crippen molar-refractivity contribution in [1.82, 2.24) is 5.32 Å². The molecule has 62 valence electrons. The SMILES string of the molecule is CC(O)C(N)CNCCN. The van der Waals surface area contributed by atoms with Gasteiger partial charge in [-0.05, 0) is 6.92 Å². The molecular formula is C6H17N3O. The van der Waals surface area contributed by atoms with Crippen LogP contribution in [0.15, 0.2) is 0 Å². The van der Waals surface area contributed by atoms with E-state index < -0.39 is 6.10 Å². The van der Waals surface area contributed by atoms with E-state index in [1.54, 1.807) is 6.92 Å². The normalized spacial score (nSPS) is 16.8. The zero-order chi connectivity index (χ0) is 7.98. The van der Waals surface area contributed by atoms with Crippen LogP contribution in [-0.4, -0.2) is 36.9 Å². The highest BCUT2D eigenvalue weighted by Crippen LogP contribution is 1.84. The van der Waals surface area contributed by atoms with E-state index in [1.807, 2.05) is 0 Å². The predicted molar refractivity (Wildman–Crippen MR) is 41.6 cm³/mol. The highest BCUT2D eigenvalue weighted by Gasteiger charge is 2.06. The summed E-state index contributed by atoms with van der Waals surface area (Å²) in [4.78, 5) is 0. The van der Waals surface area contributed by atoms with Gasteiger partial charge in [0.15, 0.2) is 0 Å². The van der Waals surface area contributed by atoms with Gasteiger partial charge in [-0.25, -0.2) is 0 Å². The van der Waals surface area contributed by atoms with Gasteiger partial charge in [0.25, 0.3) is 0 Å². The van der Waals surface area contributed by atoms with Gasteiger partial charge in [-0.15, -0.1) is 0 Å². The Balaban J connectivity index is 3.13. The lowest BCUT2D eigenvalue weighted by Gasteiger charge is -2.14. The minimum absolute atomic E-state index is 0.188. The minimum Gasteiger partial charge on any atom is -0.392 e. The van der Waals surface area contributed by atoms with Crippen LogP contribution in [0.5, 0.6) is 0 Å². The molecule has 2 unspecified atom stereocenters. The summed E-state index contributed by atoms with van der Waals surface area (Å²) in [7, 11) is 0. The Hall–Kier alpha value is -0.160. The molecule has 0 amide bonds. The number of hydrogen-bond donors (Lipinski definition) is 4. The second-order valence-electron chi connectivity index (χ2n) is 2.40. The summed E-state index contributed by atoms with van der Waals surface area (Å²) in [6.45, 7) is 3.65. The van der Waals surface area contributed by atoms with Crippen molar-refractivity contribution in [1.29, 1.82) is 0 Å². The Bertz CT molecular complexity index is 77.4. The standard InChI is InChI=1S/C6H17N3O/c1-5(10)6(8)4-9-3-2-7/h5-6,9-10H,2-4,7-8H2,1H3. The van der Waals surface area contributed by atoms with Gasteiger partial charge in [0.1, 0.15) is 0 Å². The summed E-state index contributed by atoms with van der Waals surface area (Å²) in [5.41, 5.74) is 10.7. The minimum atomic E-state index is -0.453. The van der Waals surface area contributed by atoms with Gasteiger partial charge >= 0.3 is 0 Å². The summed E-state index contributed by atoms with van der Waals surface area (Å²) < 4.78 is 0. The van der Waals surface area contributed by atoms with Crippen molar-refractivity contribution >= 4 is 0 Å². The highest BCUT2D eigenvalue weighted by molar-refractivity contribution is 4.69. The zero-order valence-electron chi connectivity index (χ0n) is 6.38. The predicted octanol–water partition coefficient (Wildman–Crippen LogP) is -1.76. The summed E-state index contributed by atoms with van der Waals surface area (Å²) >= 11 is 0. The molecular weight excluding hydrogens is 130 g/mol. The molecule has 0 saturated carbocycles. The van der Waals surface area contributed by atoms with E-state index in [4.69, 9.17) is 16.6 Å². The molecule has 0 rings (SSSR count). The first-order valence-electron chi connectivity index (χ1n) is 3.53. The van der Waals surface area contributed by atoms with Gasteiger partial charge in [-0.2, -0.15) is 0 Å². The van der Waals surface area contributed by atoms with Crippen LogP contribution in [0.1, 0.15) is 6.92 Å². The molecule has 0 aromatic heterocycles. The average Bonchev–Trinajstić information content (AvgIpc) is 1.88. The first-order chi connectivity index (χ1) is 4.68. The van der Waals surface area contributed by atoms with Crippen LogP contribution in [0.25, 0.3) is 0 Å². The van der Waals surface area contributed by atoms with Crippen molar-refractivity contribution in [3.8, 4) is 0 Å². The van der Waals surface area contributed by atoms with E-state index in [0.717, 1.165) is 6.54 Å². The van der Waals surface area contributed by atoms with Crippen molar-refractivity contribution in [2.24, 2.45) is 11.5 Å². The van der Waals surface area contributed by atoms with E-state index in [-0.39, 0.29) is 6.04 Å². The molecule has 0 heterocycles. The van der Waals surface area contributed by atoms with Crippen molar-refractivity contribution in [3.63, 3.8) is 0 Å². The molecule has 4 heteroatoms. The first kappa shape index (κ1) is 9.84. The Labute approximate surface area is 61.6 Å². The van der Waals surface area contributed by atoms with Crippen LogP contribution in [0, 0.1) is 0 Å². The van der Waals surface area contributed by atoms with E-state index in [2.05, 4.69) is 5.32 Å². The quantitative estimate of drug-likeness (QED) is 0.347. The second kappa shape index (κ2) is 5.61. The number of aliphatic hydroxyl groups is 1. The molecule has 0 aliphatic carbocycles. The van der Waals surface area contributed by atoms with Gasteiger partial charge in [-0.1, -0.05) is 0 Å². The number of nitrogens with one attached hydrogen (secondary N) is 1. The summed E-state index contributed by atoms with van der Waals surface area (Å²) in [6.07, 6.45) is -0.453. The van der Waals surface area contributed by atoms with Crippen LogP contribution in [0.3, 0.4) is 0 Å². The van der Waals surface area contributed by atoms with E-state index in [1.165, 1.54) is 0 Å². The molecule has 0 aromatic carbocycles. The molecule has 0 saturated heterocycles. The molecule has 2 atom stereocenters. The fraction of sp³-hybridized carbons (Fsp3) is 1.00. The molecule has 0 aromatic rings. The Morgan fingerprint density at radius 2 is 2.20 bits per heavy atom. The maximum atomic E-state index is 8.92.